The van der Waals surface area contributed by atoms with Gasteiger partial charge < -0.3 is 29.9 Å². The molecule has 2 fully saturated rings. The summed E-state index contributed by atoms with van der Waals surface area (Å²) in [6, 6.07) is 8.35. The molecule has 0 saturated carbocycles. The Labute approximate surface area is 294 Å². The van der Waals surface area contributed by atoms with Crippen molar-refractivity contribution in [3.63, 3.8) is 0 Å². The van der Waals surface area contributed by atoms with Gasteiger partial charge in [-0.15, -0.1) is 24.0 Å². The number of rotatable bonds is 10. The minimum atomic E-state index is -1.07. The van der Waals surface area contributed by atoms with Crippen LogP contribution in [0, 0.1) is 23.5 Å². The van der Waals surface area contributed by atoms with Crippen molar-refractivity contribution in [1.82, 2.24) is 24.6 Å². The Kier molecular flexibility index (Phi) is 10.7. The second kappa shape index (κ2) is 14.6. The van der Waals surface area contributed by atoms with Crippen LogP contribution in [0.25, 0.3) is 16.9 Å². The summed E-state index contributed by atoms with van der Waals surface area (Å²) in [5.41, 5.74) is 3.04. The fraction of sp³-hybridized carbons (Fsp3) is 0.412. The number of hydrogen-bond acceptors (Lipinski definition) is 6. The van der Waals surface area contributed by atoms with Crippen LogP contribution in [0.15, 0.2) is 48.9 Å². The minimum Gasteiger partial charge on any atom is -0.494 e. The summed E-state index contributed by atoms with van der Waals surface area (Å²) < 4.78 is 36.8. The highest BCUT2D eigenvalue weighted by molar-refractivity contribution is 14.0. The van der Waals surface area contributed by atoms with E-state index in [0.717, 1.165) is 42.5 Å². The number of anilines is 2. The molecule has 11 nitrogen and oxygen atoms in total. The summed E-state index contributed by atoms with van der Waals surface area (Å²) in [7, 11) is 3.53. The third kappa shape index (κ3) is 7.18. The summed E-state index contributed by atoms with van der Waals surface area (Å²) in [5, 5.41) is 15.5. The lowest BCUT2D eigenvalue weighted by Gasteiger charge is -2.46. The zero-order chi connectivity index (χ0) is 33.3. The highest BCUT2D eigenvalue weighted by Gasteiger charge is 2.38. The molecule has 0 aliphatic carbocycles. The summed E-state index contributed by atoms with van der Waals surface area (Å²) in [5.74, 6) is -1.13. The number of piperidine rings is 1. The van der Waals surface area contributed by atoms with Gasteiger partial charge in [-0.05, 0) is 48.2 Å². The SMILES string of the molecule is CCc1cc(Nc2nccn3c(-c4ccc(OC)c(F)c4F)cnc23)ccc1C(=O)NCC1CC[N+](C)(CC2CN(C(=O)O)C2)CC1.I. The number of benzene rings is 2. The number of fused-ring (bicyclic) bond motifs is 1. The van der Waals surface area contributed by atoms with Crippen molar-refractivity contribution in [2.24, 2.45) is 11.8 Å². The molecule has 2 saturated heterocycles. The number of aryl methyl sites for hydroxylation is 1. The lowest BCUT2D eigenvalue weighted by molar-refractivity contribution is -0.918. The van der Waals surface area contributed by atoms with Crippen LogP contribution in [0.3, 0.4) is 0 Å². The molecule has 0 bridgehead atoms. The van der Waals surface area contributed by atoms with Crippen molar-refractivity contribution in [3.05, 3.63) is 71.7 Å². The van der Waals surface area contributed by atoms with Crippen LogP contribution in [0.2, 0.25) is 0 Å². The molecule has 6 rings (SSSR count). The average Bonchev–Trinajstić information content (AvgIpc) is 3.48. The number of imidazole rings is 1. The molecule has 3 N–H and O–H groups in total. The number of carbonyl (C=O) groups is 2. The molecule has 2 aliphatic rings. The van der Waals surface area contributed by atoms with Gasteiger partial charge in [-0.1, -0.05) is 6.92 Å². The molecule has 0 unspecified atom stereocenters. The molecule has 2 aromatic carbocycles. The van der Waals surface area contributed by atoms with E-state index in [-0.39, 0.29) is 41.2 Å². The normalized spacial score (nSPS) is 19.4. The molecule has 2 amide bonds. The highest BCUT2D eigenvalue weighted by Crippen LogP contribution is 2.32. The molecule has 2 aromatic heterocycles. The second-order valence-corrected chi connectivity index (χ2v) is 12.9. The molecule has 14 heteroatoms. The number of carbonyl (C=O) groups excluding carboxylic acids is 1. The van der Waals surface area contributed by atoms with Crippen LogP contribution < -0.4 is 15.4 Å². The van der Waals surface area contributed by atoms with Crippen LogP contribution in [0.4, 0.5) is 25.1 Å². The predicted octanol–water partition coefficient (Wildman–Crippen LogP) is 5.80. The Hall–Kier alpha value is -4.05. The number of nitrogens with zero attached hydrogens (tertiary/aromatic N) is 5. The Bertz CT molecular complexity index is 1810. The number of likely N-dealkylation sites (tertiary alicyclic amines) is 2. The summed E-state index contributed by atoms with van der Waals surface area (Å²) in [4.78, 5) is 34.7. The number of methoxy groups -OCH3 is 1. The first-order valence-corrected chi connectivity index (χ1v) is 15.9. The standard InChI is InChI=1S/C34H39F2N7O4.HI/c1-4-23-15-24(40-31-32-38-17-27(42(32)12-11-37-31)26-7-8-28(47-3)30(36)29(26)35)5-6-25(23)33(44)39-16-21-9-13-43(2,14-10-21)20-22-18-41(19-22)34(45)46;/h5-8,11-12,15,17,21-22H,4,9-10,13-14,16,18-20H2,1-3H3,(H2-,37,39,40,44,45,46);1H/p+1. The van der Waals surface area contributed by atoms with Crippen molar-refractivity contribution in [3.8, 4) is 17.0 Å². The average molecular weight is 777 g/mol. The number of carboxylic acid groups (broad SMARTS) is 1. The number of nitrogens with one attached hydrogen (secondary N) is 2. The maximum atomic E-state index is 14.9. The first kappa shape index (κ1) is 35.3. The maximum absolute atomic E-state index is 14.9. The van der Waals surface area contributed by atoms with Gasteiger partial charge in [0, 0.05) is 67.6 Å². The Morgan fingerprint density at radius 3 is 2.52 bits per heavy atom. The summed E-state index contributed by atoms with van der Waals surface area (Å²) >= 11 is 0. The van der Waals surface area contributed by atoms with Gasteiger partial charge in [0.2, 0.25) is 5.82 Å². The number of halogens is 3. The van der Waals surface area contributed by atoms with Crippen molar-refractivity contribution in [2.45, 2.75) is 26.2 Å². The lowest BCUT2D eigenvalue weighted by Crippen LogP contribution is -2.60. The first-order chi connectivity index (χ1) is 22.6. The Morgan fingerprint density at radius 1 is 1.08 bits per heavy atom. The molecule has 0 atom stereocenters. The van der Waals surface area contributed by atoms with Crippen LogP contribution >= 0.6 is 24.0 Å². The van der Waals surface area contributed by atoms with E-state index in [1.807, 2.05) is 19.1 Å². The van der Waals surface area contributed by atoms with E-state index in [4.69, 9.17) is 9.84 Å². The predicted molar refractivity (Wildman–Crippen MR) is 188 cm³/mol. The van der Waals surface area contributed by atoms with E-state index < -0.39 is 17.7 Å². The van der Waals surface area contributed by atoms with Gasteiger partial charge >= 0.3 is 6.09 Å². The van der Waals surface area contributed by atoms with Crippen LogP contribution in [-0.2, 0) is 6.42 Å². The van der Waals surface area contributed by atoms with Crippen LogP contribution in [0.5, 0.6) is 5.75 Å². The Morgan fingerprint density at radius 2 is 1.83 bits per heavy atom. The van der Waals surface area contributed by atoms with E-state index in [1.165, 1.54) is 30.3 Å². The summed E-state index contributed by atoms with van der Waals surface area (Å²) in [6.07, 6.45) is 6.49. The van der Waals surface area contributed by atoms with Crippen molar-refractivity contribution >= 4 is 53.1 Å². The monoisotopic (exact) mass is 776 g/mol. The fourth-order valence-electron chi connectivity index (χ4n) is 6.84. The number of quaternary nitrogens is 1. The maximum Gasteiger partial charge on any atom is 0.407 e. The van der Waals surface area contributed by atoms with Crippen molar-refractivity contribution in [1.29, 1.82) is 0 Å². The van der Waals surface area contributed by atoms with E-state index in [1.54, 1.807) is 22.9 Å². The zero-order valence-electron chi connectivity index (χ0n) is 27.2. The van der Waals surface area contributed by atoms with Gasteiger partial charge in [0.15, 0.2) is 23.0 Å². The smallest absolute Gasteiger partial charge is 0.407 e. The molecular weight excluding hydrogens is 735 g/mol. The third-order valence-corrected chi connectivity index (χ3v) is 9.60. The van der Waals surface area contributed by atoms with Crippen LogP contribution in [-0.4, -0.2) is 94.3 Å². The van der Waals surface area contributed by atoms with Crippen molar-refractivity contribution in [2.75, 3.05) is 58.7 Å². The number of ether oxygens (including phenoxy) is 1. The number of hydrogen-bond donors (Lipinski definition) is 3. The molecule has 4 aromatic rings. The fourth-order valence-corrected chi connectivity index (χ4v) is 6.84. The first-order valence-electron chi connectivity index (χ1n) is 15.9. The number of amides is 2. The minimum absolute atomic E-state index is 0. The Balaban J connectivity index is 0.00000451. The molecular formula is C34H41F2IN7O4+. The molecule has 0 spiro atoms. The third-order valence-electron chi connectivity index (χ3n) is 9.60. The molecule has 256 valence electrons. The lowest BCUT2D eigenvalue weighted by atomic mass is 9.92. The van der Waals surface area contributed by atoms with E-state index >= 15 is 0 Å². The number of aromatic nitrogens is 3. The zero-order valence-corrected chi connectivity index (χ0v) is 29.5. The van der Waals surface area contributed by atoms with Crippen molar-refractivity contribution < 1.29 is 32.7 Å². The molecule has 0 radical (unpaired) electrons. The van der Waals surface area contributed by atoms with Gasteiger partial charge in [-0.25, -0.2) is 19.2 Å². The van der Waals surface area contributed by atoms with E-state index in [9.17, 15) is 18.4 Å². The van der Waals surface area contributed by atoms with E-state index in [0.29, 0.717) is 66.3 Å². The van der Waals surface area contributed by atoms with Gasteiger partial charge in [0.05, 0.1) is 45.7 Å². The van der Waals surface area contributed by atoms with E-state index in [2.05, 4.69) is 27.6 Å². The molecule has 4 heterocycles. The second-order valence-electron chi connectivity index (χ2n) is 12.9. The largest absolute Gasteiger partial charge is 0.494 e. The van der Waals surface area contributed by atoms with Gasteiger partial charge in [-0.3, -0.25) is 9.20 Å². The summed E-state index contributed by atoms with van der Waals surface area (Å²) in [6.45, 7) is 6.91. The van der Waals surface area contributed by atoms with Gasteiger partial charge in [0.25, 0.3) is 5.91 Å². The molecule has 2 aliphatic heterocycles. The quantitative estimate of drug-likeness (QED) is 0.138. The van der Waals surface area contributed by atoms with Crippen LogP contribution in [0.1, 0.15) is 35.7 Å². The topological polar surface area (TPSA) is 121 Å². The van der Waals surface area contributed by atoms with Gasteiger partial charge in [0.1, 0.15) is 0 Å². The molecule has 48 heavy (non-hydrogen) atoms. The highest BCUT2D eigenvalue weighted by atomic mass is 127. The van der Waals surface area contributed by atoms with Gasteiger partial charge in [-0.2, -0.15) is 4.39 Å².